The van der Waals surface area contributed by atoms with Crippen molar-refractivity contribution in [2.75, 3.05) is 0 Å². The van der Waals surface area contributed by atoms with Crippen molar-refractivity contribution in [1.82, 2.24) is 79.7 Å². The first-order chi connectivity index (χ1) is 71.3. The molecule has 0 bridgehead atoms. The van der Waals surface area contributed by atoms with Gasteiger partial charge in [0, 0.05) is 127 Å². The van der Waals surface area contributed by atoms with E-state index in [1.807, 2.05) is 322 Å². The van der Waals surface area contributed by atoms with Crippen LogP contribution < -0.4 is 0 Å². The quantitative estimate of drug-likeness (QED) is 0.0695. The maximum atomic E-state index is 4.87. The molecule has 24 rings (SSSR count). The molecule has 144 heavy (non-hydrogen) atoms. The molecule has 0 amide bonds. The van der Waals surface area contributed by atoms with Crippen molar-refractivity contribution in [3.63, 3.8) is 0 Å². The molecule has 0 aliphatic rings. The Morgan fingerprint density at radius 1 is 0.0972 bits per heavy atom. The molecule has 0 saturated heterocycles. The minimum Gasteiger partial charge on any atom is -0.265 e. The molecule has 0 N–H and O–H groups in total. The van der Waals surface area contributed by atoms with Crippen molar-refractivity contribution in [3.05, 3.63) is 535 Å². The minimum absolute atomic E-state index is 0.646. The van der Waals surface area contributed by atoms with Crippen LogP contribution in [-0.4, -0.2) is 79.7 Å². The summed E-state index contributed by atoms with van der Waals surface area (Å²) in [7, 11) is 0. The smallest absolute Gasteiger partial charge is 0.164 e. The zero-order valence-electron chi connectivity index (χ0n) is 78.0. The molecule has 0 spiro atoms. The van der Waals surface area contributed by atoms with Crippen LogP contribution in [0.4, 0.5) is 0 Å². The summed E-state index contributed by atoms with van der Waals surface area (Å²) in [4.78, 5) is 74.9. The second-order valence-electron chi connectivity index (χ2n) is 33.7. The van der Waals surface area contributed by atoms with E-state index in [1.165, 1.54) is 5.56 Å². The van der Waals surface area contributed by atoms with Gasteiger partial charge in [-0.3, -0.25) is 19.9 Å². The van der Waals surface area contributed by atoms with E-state index in [9.17, 15) is 0 Å². The lowest BCUT2D eigenvalue weighted by Crippen LogP contribution is -2.00. The third-order valence-electron chi connectivity index (χ3n) is 24.1. The van der Waals surface area contributed by atoms with E-state index < -0.39 is 0 Å². The van der Waals surface area contributed by atoms with Gasteiger partial charge in [0.1, 0.15) is 0 Å². The van der Waals surface area contributed by atoms with E-state index in [0.29, 0.717) is 69.9 Å². The molecule has 0 radical (unpaired) electrons. The Bertz CT molecular complexity index is 7900. The van der Waals surface area contributed by atoms with Crippen molar-refractivity contribution in [2.45, 2.75) is 0 Å². The maximum Gasteiger partial charge on any atom is 0.164 e. The Morgan fingerprint density at radius 3 is 0.528 bits per heavy atom. The topological polar surface area (TPSA) is 206 Å². The molecular formula is C128H88N16. The van der Waals surface area contributed by atoms with Crippen LogP contribution in [0.2, 0.25) is 0 Å². The molecule has 680 valence electrons. The monoisotopic (exact) mass is 1850 g/mol. The van der Waals surface area contributed by atoms with Crippen LogP contribution >= 0.6 is 0 Å². The van der Waals surface area contributed by atoms with Gasteiger partial charge in [-0.2, -0.15) is 0 Å². The molecule has 0 aliphatic heterocycles. The summed E-state index contributed by atoms with van der Waals surface area (Å²) in [5.74, 6) is 7.88. The number of rotatable bonds is 20. The third-order valence-corrected chi connectivity index (χ3v) is 24.1. The molecule has 0 unspecified atom stereocenters. The lowest BCUT2D eigenvalue weighted by molar-refractivity contribution is 1.07. The summed E-state index contributed by atoms with van der Waals surface area (Å²) in [6.07, 6.45) is 12.8. The van der Waals surface area contributed by atoms with Crippen LogP contribution in [0.15, 0.2) is 535 Å². The summed E-state index contributed by atoms with van der Waals surface area (Å²) < 4.78 is 0. The summed E-state index contributed by atoms with van der Waals surface area (Å²) in [6.45, 7) is 0. The predicted octanol–water partition coefficient (Wildman–Crippen LogP) is 30.4. The summed E-state index contributed by atoms with van der Waals surface area (Å²) in [5, 5.41) is 0. The molecule has 0 atom stereocenters. The zero-order chi connectivity index (χ0) is 96.6. The number of nitrogens with zero attached hydrogens (tertiary/aromatic N) is 16. The number of benzene rings is 16. The van der Waals surface area contributed by atoms with Gasteiger partial charge < -0.3 is 0 Å². The Morgan fingerprint density at radius 2 is 0.278 bits per heavy atom. The molecule has 8 aromatic heterocycles. The van der Waals surface area contributed by atoms with E-state index >= 15 is 0 Å². The normalized spacial score (nSPS) is 10.8. The molecule has 0 saturated carbocycles. The Balaban J connectivity index is 0.000000113. The van der Waals surface area contributed by atoms with Crippen LogP contribution in [0.1, 0.15) is 0 Å². The van der Waals surface area contributed by atoms with Crippen molar-refractivity contribution >= 4 is 0 Å². The van der Waals surface area contributed by atoms with Crippen molar-refractivity contribution < 1.29 is 0 Å². The van der Waals surface area contributed by atoms with Crippen molar-refractivity contribution in [2.24, 2.45) is 0 Å². The van der Waals surface area contributed by atoms with Crippen LogP contribution in [0.3, 0.4) is 0 Å². The standard InChI is InChI=1S/4C32H22N4/c1-3-10-23(11-4-1)30-34-31(24-12-5-2-6-13-24)36-32(35-30)28-17-8-15-26(21-28)25-14-7-16-27(20-25)29-18-9-19-33-22-29;1-3-9-24(10-4-1)30-34-31(25-11-5-2-6-12-25)36-32(35-30)26-18-16-23(17-19-26)27-13-7-14-28(21-27)29-15-8-20-33-22-29;1-3-10-24(11-4-1)30-34-31(25-12-5-2-6-13-25)36-32(35-30)26-19-17-23(18-20-26)27-14-9-15-28(22-27)29-16-7-8-21-33-29;1-3-7-27(8-4-1)30-34-31(28-9-5-2-6-10-28)36-32(35-30)29-17-15-24(16-18-29)23-11-13-25(14-12-23)26-19-21-33-22-20-26/h4*1-22H. The van der Waals surface area contributed by atoms with E-state index in [4.69, 9.17) is 59.8 Å². The number of pyridine rings is 4. The highest BCUT2D eigenvalue weighted by molar-refractivity contribution is 5.82. The molecule has 16 aromatic carbocycles. The first-order valence-corrected chi connectivity index (χ1v) is 47.3. The molecule has 16 nitrogen and oxygen atoms in total. The van der Waals surface area contributed by atoms with Crippen LogP contribution in [0.25, 0.3) is 226 Å². The van der Waals surface area contributed by atoms with Gasteiger partial charge in [-0.25, -0.2) is 59.8 Å². The van der Waals surface area contributed by atoms with Gasteiger partial charge in [-0.05, 0) is 127 Å². The average Bonchev–Trinajstić information content (AvgIpc) is 0.807. The molecule has 16 heteroatoms. The van der Waals surface area contributed by atoms with E-state index in [-0.39, 0.29) is 0 Å². The number of hydrogen-bond donors (Lipinski definition) is 0. The van der Waals surface area contributed by atoms with Gasteiger partial charge in [0.15, 0.2) is 69.9 Å². The highest BCUT2D eigenvalue weighted by Crippen LogP contribution is 2.38. The largest absolute Gasteiger partial charge is 0.265 e. The fourth-order valence-electron chi connectivity index (χ4n) is 16.6. The SMILES string of the molecule is c1ccc(-c2nc(-c3ccccc3)nc(-c3ccc(-c4ccc(-c5ccncc5)cc4)cc3)n2)cc1.c1ccc(-c2nc(-c3ccccc3)nc(-c3ccc(-c4cccc(-c5ccccn5)c4)cc3)n2)cc1.c1ccc(-c2nc(-c3ccccc3)nc(-c3ccc(-c4cccc(-c5cccnc5)c4)cc3)n2)cc1.c1ccc(-c2nc(-c3ccccc3)nc(-c3cccc(-c4cccc(-c5cccnc5)c4)c3)n2)cc1. The summed E-state index contributed by atoms with van der Waals surface area (Å²) in [6, 6.07) is 166. The van der Waals surface area contributed by atoms with Crippen molar-refractivity contribution in [3.8, 4) is 226 Å². The van der Waals surface area contributed by atoms with Gasteiger partial charge in [0.05, 0.1) is 5.69 Å². The Hall–Kier alpha value is -19.8. The lowest BCUT2D eigenvalue weighted by Gasteiger charge is -2.10. The third kappa shape index (κ3) is 22.2. The predicted molar refractivity (Wildman–Crippen MR) is 579 cm³/mol. The second-order valence-corrected chi connectivity index (χ2v) is 33.7. The first kappa shape index (κ1) is 90.6. The molecule has 8 heterocycles. The molecule has 0 fully saturated rings. The van der Waals surface area contributed by atoms with Gasteiger partial charge in [-0.15, -0.1) is 0 Å². The lowest BCUT2D eigenvalue weighted by atomic mass is 9.98. The van der Waals surface area contributed by atoms with Crippen molar-refractivity contribution in [1.29, 1.82) is 0 Å². The number of hydrogen-bond acceptors (Lipinski definition) is 16. The highest BCUT2D eigenvalue weighted by Gasteiger charge is 2.20. The van der Waals surface area contributed by atoms with Gasteiger partial charge in [-0.1, -0.05) is 431 Å². The van der Waals surface area contributed by atoms with Crippen LogP contribution in [-0.2, 0) is 0 Å². The van der Waals surface area contributed by atoms with E-state index in [2.05, 4.69) is 220 Å². The Labute approximate surface area is 834 Å². The second kappa shape index (κ2) is 44.1. The van der Waals surface area contributed by atoms with Gasteiger partial charge in [0.25, 0.3) is 0 Å². The average molecular weight is 1850 g/mol. The number of aromatic nitrogens is 16. The minimum atomic E-state index is 0.646. The fraction of sp³-hybridized carbons (Fsp3) is 0. The Kier molecular flexibility index (Phi) is 27.7. The molecular weight excluding hydrogens is 1760 g/mol. The van der Waals surface area contributed by atoms with Crippen LogP contribution in [0, 0.1) is 0 Å². The first-order valence-electron chi connectivity index (χ1n) is 47.3. The van der Waals surface area contributed by atoms with Gasteiger partial charge in [0.2, 0.25) is 0 Å². The molecule has 24 aromatic rings. The summed E-state index contributed by atoms with van der Waals surface area (Å²) in [5.41, 5.74) is 29.3. The highest BCUT2D eigenvalue weighted by atomic mass is 15.1. The fourth-order valence-corrected chi connectivity index (χ4v) is 16.6. The summed E-state index contributed by atoms with van der Waals surface area (Å²) >= 11 is 0. The zero-order valence-corrected chi connectivity index (χ0v) is 78.0. The van der Waals surface area contributed by atoms with Gasteiger partial charge >= 0.3 is 0 Å². The molecule has 0 aliphatic carbocycles. The van der Waals surface area contributed by atoms with E-state index in [0.717, 1.165) is 150 Å². The van der Waals surface area contributed by atoms with E-state index in [1.54, 1.807) is 12.4 Å². The maximum absolute atomic E-state index is 4.87. The van der Waals surface area contributed by atoms with Crippen LogP contribution in [0.5, 0.6) is 0 Å².